The summed E-state index contributed by atoms with van der Waals surface area (Å²) in [6.45, 7) is 1.58. The maximum Gasteiger partial charge on any atom is 0.234 e. The van der Waals surface area contributed by atoms with Gasteiger partial charge in [-0.2, -0.15) is 0 Å². The number of amides is 1. The Labute approximate surface area is 160 Å². The van der Waals surface area contributed by atoms with Gasteiger partial charge >= 0.3 is 0 Å². The lowest BCUT2D eigenvalue weighted by Crippen LogP contribution is -2.34. The average Bonchev–Trinajstić information content (AvgIpc) is 3.21. The van der Waals surface area contributed by atoms with Gasteiger partial charge in [-0.1, -0.05) is 35.1 Å². The van der Waals surface area contributed by atoms with E-state index in [0.29, 0.717) is 18.0 Å². The zero-order valence-corrected chi connectivity index (χ0v) is 16.6. The van der Waals surface area contributed by atoms with E-state index in [4.69, 9.17) is 11.6 Å². The van der Waals surface area contributed by atoms with Crippen LogP contribution < -0.4 is 4.90 Å². The number of thiazole rings is 1. The Morgan fingerprint density at radius 1 is 1.20 bits per heavy atom. The number of anilines is 1. The molecule has 1 aromatic carbocycles. The van der Waals surface area contributed by atoms with Crippen LogP contribution in [0.1, 0.15) is 11.3 Å². The number of aromatic nitrogens is 1. The first kappa shape index (κ1) is 18.3. The molecule has 0 saturated carbocycles. The van der Waals surface area contributed by atoms with Crippen LogP contribution in [-0.2, 0) is 11.2 Å². The Balaban J connectivity index is 1.85. The number of carbonyl (C=O) groups excluding carboxylic acids is 1. The molecular formula is C18H20ClN3OS2. The smallest absolute Gasteiger partial charge is 0.234 e. The van der Waals surface area contributed by atoms with Crippen LogP contribution in [-0.4, -0.2) is 43.0 Å². The molecule has 0 fully saturated rings. The molecule has 4 nitrogen and oxygen atoms in total. The summed E-state index contributed by atoms with van der Waals surface area (Å²) < 4.78 is 1.00. The Morgan fingerprint density at radius 3 is 2.72 bits per heavy atom. The standard InChI is InChI=1S/C18H20ClN3OS2/c1-21(2)9-5-10-22(16(23)12-13-6-4-11-24-13)18-20-17-14(19)7-3-8-15(17)25-18/h3-4,6-8,11H,5,9-10,12H2,1-2H3. The predicted molar refractivity (Wildman–Crippen MR) is 108 cm³/mol. The van der Waals surface area contributed by atoms with Crippen molar-refractivity contribution < 1.29 is 4.79 Å². The Kier molecular flexibility index (Phi) is 6.06. The van der Waals surface area contributed by atoms with E-state index in [1.807, 2.05) is 54.7 Å². The summed E-state index contributed by atoms with van der Waals surface area (Å²) in [6, 6.07) is 9.70. The first-order valence-corrected chi connectivity index (χ1v) is 10.1. The van der Waals surface area contributed by atoms with Crippen LogP contribution in [0.2, 0.25) is 5.02 Å². The van der Waals surface area contributed by atoms with E-state index in [9.17, 15) is 4.79 Å². The number of hydrogen-bond donors (Lipinski definition) is 0. The maximum atomic E-state index is 12.9. The van der Waals surface area contributed by atoms with Gasteiger partial charge in [0.2, 0.25) is 5.91 Å². The highest BCUT2D eigenvalue weighted by atomic mass is 35.5. The number of para-hydroxylation sites is 1. The van der Waals surface area contributed by atoms with E-state index >= 15 is 0 Å². The summed E-state index contributed by atoms with van der Waals surface area (Å²) in [5.74, 6) is 0.0800. The zero-order chi connectivity index (χ0) is 17.8. The fourth-order valence-electron chi connectivity index (χ4n) is 2.55. The van der Waals surface area contributed by atoms with Crippen molar-refractivity contribution in [3.8, 4) is 0 Å². The van der Waals surface area contributed by atoms with Gasteiger partial charge in [0, 0.05) is 11.4 Å². The molecule has 1 amide bonds. The quantitative estimate of drug-likeness (QED) is 0.591. The zero-order valence-electron chi connectivity index (χ0n) is 14.2. The highest BCUT2D eigenvalue weighted by Gasteiger charge is 2.20. The maximum absolute atomic E-state index is 12.9. The molecule has 2 aromatic heterocycles. The SMILES string of the molecule is CN(C)CCCN(C(=O)Cc1cccs1)c1nc2c(Cl)cccc2s1. The largest absolute Gasteiger partial charge is 0.309 e. The number of thiophene rings is 1. The molecule has 7 heteroatoms. The molecule has 0 N–H and O–H groups in total. The van der Waals surface area contributed by atoms with Crippen LogP contribution in [0.5, 0.6) is 0 Å². The van der Waals surface area contributed by atoms with E-state index in [0.717, 1.165) is 33.2 Å². The molecule has 2 heterocycles. The first-order valence-electron chi connectivity index (χ1n) is 8.07. The second-order valence-electron chi connectivity index (χ2n) is 6.04. The molecule has 0 atom stereocenters. The van der Waals surface area contributed by atoms with Crippen LogP contribution in [0.3, 0.4) is 0 Å². The van der Waals surface area contributed by atoms with Crippen molar-refractivity contribution in [3.05, 3.63) is 45.6 Å². The Bertz CT molecular complexity index is 845. The summed E-state index contributed by atoms with van der Waals surface area (Å²) in [6.07, 6.45) is 1.30. The molecule has 0 aliphatic heterocycles. The van der Waals surface area contributed by atoms with Crippen molar-refractivity contribution >= 4 is 55.5 Å². The highest BCUT2D eigenvalue weighted by molar-refractivity contribution is 7.22. The molecular weight excluding hydrogens is 374 g/mol. The number of hydrogen-bond acceptors (Lipinski definition) is 5. The molecule has 132 valence electrons. The third-order valence-electron chi connectivity index (χ3n) is 3.78. The van der Waals surface area contributed by atoms with Gasteiger partial charge in [-0.3, -0.25) is 9.69 Å². The number of benzene rings is 1. The van der Waals surface area contributed by atoms with Gasteiger partial charge in [0.05, 0.1) is 16.1 Å². The van der Waals surface area contributed by atoms with Crippen molar-refractivity contribution in [1.29, 1.82) is 0 Å². The van der Waals surface area contributed by atoms with E-state index in [1.54, 1.807) is 11.3 Å². The molecule has 0 aliphatic rings. The van der Waals surface area contributed by atoms with Crippen molar-refractivity contribution in [1.82, 2.24) is 9.88 Å². The first-order chi connectivity index (χ1) is 12.0. The lowest BCUT2D eigenvalue weighted by molar-refractivity contribution is -0.118. The van der Waals surface area contributed by atoms with Gasteiger partial charge in [-0.05, 0) is 50.6 Å². The molecule has 0 aliphatic carbocycles. The van der Waals surface area contributed by atoms with Crippen LogP contribution in [0.25, 0.3) is 10.2 Å². The van der Waals surface area contributed by atoms with Gasteiger partial charge in [-0.25, -0.2) is 4.98 Å². The lowest BCUT2D eigenvalue weighted by Gasteiger charge is -2.20. The van der Waals surface area contributed by atoms with Gasteiger partial charge in [0.25, 0.3) is 0 Å². The minimum Gasteiger partial charge on any atom is -0.309 e. The van der Waals surface area contributed by atoms with Crippen LogP contribution in [0, 0.1) is 0 Å². The predicted octanol–water partition coefficient (Wildman–Crippen LogP) is 4.54. The Hall–Kier alpha value is -1.47. The van der Waals surface area contributed by atoms with Gasteiger partial charge in [0.1, 0.15) is 5.52 Å². The van der Waals surface area contributed by atoms with Crippen molar-refractivity contribution in [2.75, 3.05) is 32.1 Å². The third-order valence-corrected chi connectivity index (χ3v) is 6.01. The van der Waals surface area contributed by atoms with E-state index in [2.05, 4.69) is 9.88 Å². The second kappa shape index (κ2) is 8.27. The fourth-order valence-corrected chi connectivity index (χ4v) is 4.55. The average molecular weight is 394 g/mol. The molecule has 0 radical (unpaired) electrons. The molecule has 3 aromatic rings. The number of carbonyl (C=O) groups is 1. The van der Waals surface area contributed by atoms with Crippen molar-refractivity contribution in [3.63, 3.8) is 0 Å². The van der Waals surface area contributed by atoms with Crippen LogP contribution in [0.15, 0.2) is 35.7 Å². The summed E-state index contributed by atoms with van der Waals surface area (Å²) >= 11 is 9.38. The van der Waals surface area contributed by atoms with Gasteiger partial charge in [-0.15, -0.1) is 11.3 Å². The van der Waals surface area contributed by atoms with Crippen molar-refractivity contribution in [2.45, 2.75) is 12.8 Å². The molecule has 0 spiro atoms. The number of rotatable bonds is 7. The topological polar surface area (TPSA) is 36.4 Å². The summed E-state index contributed by atoms with van der Waals surface area (Å²) in [5, 5.41) is 3.35. The molecule has 0 bridgehead atoms. The highest BCUT2D eigenvalue weighted by Crippen LogP contribution is 2.33. The molecule has 0 unspecified atom stereocenters. The third kappa shape index (κ3) is 4.58. The van der Waals surface area contributed by atoms with Gasteiger partial charge < -0.3 is 4.90 Å². The summed E-state index contributed by atoms with van der Waals surface area (Å²) in [4.78, 5) is 22.5. The van der Waals surface area contributed by atoms with E-state index in [1.165, 1.54) is 11.3 Å². The fraction of sp³-hybridized carbons (Fsp3) is 0.333. The van der Waals surface area contributed by atoms with E-state index < -0.39 is 0 Å². The second-order valence-corrected chi connectivity index (χ2v) is 8.49. The minimum absolute atomic E-state index is 0.0800. The lowest BCUT2D eigenvalue weighted by atomic mass is 10.3. The Morgan fingerprint density at radius 2 is 2.04 bits per heavy atom. The minimum atomic E-state index is 0.0800. The van der Waals surface area contributed by atoms with Crippen LogP contribution in [0.4, 0.5) is 5.13 Å². The van der Waals surface area contributed by atoms with Crippen LogP contribution >= 0.6 is 34.3 Å². The monoisotopic (exact) mass is 393 g/mol. The molecule has 3 rings (SSSR count). The number of fused-ring (bicyclic) bond motifs is 1. The number of halogens is 1. The normalized spacial score (nSPS) is 11.4. The summed E-state index contributed by atoms with van der Waals surface area (Å²) in [5.41, 5.74) is 0.769. The van der Waals surface area contributed by atoms with Crippen molar-refractivity contribution in [2.24, 2.45) is 0 Å². The molecule has 0 saturated heterocycles. The summed E-state index contributed by atoms with van der Waals surface area (Å²) in [7, 11) is 4.07. The van der Waals surface area contributed by atoms with E-state index in [-0.39, 0.29) is 5.91 Å². The van der Waals surface area contributed by atoms with Gasteiger partial charge in [0.15, 0.2) is 5.13 Å². The molecule has 25 heavy (non-hydrogen) atoms. The number of nitrogens with zero attached hydrogens (tertiary/aromatic N) is 3.